The van der Waals surface area contributed by atoms with E-state index in [1.54, 1.807) is 23.1 Å². The van der Waals surface area contributed by atoms with E-state index in [-0.39, 0.29) is 17.1 Å². The van der Waals surface area contributed by atoms with Crippen molar-refractivity contribution >= 4 is 52.1 Å². The molecule has 4 heterocycles. The van der Waals surface area contributed by atoms with Crippen LogP contribution in [0.5, 0.6) is 0 Å². The van der Waals surface area contributed by atoms with Gasteiger partial charge in [-0.1, -0.05) is 22.6 Å². The number of rotatable bonds is 5. The van der Waals surface area contributed by atoms with Gasteiger partial charge in [0.25, 0.3) is 5.91 Å². The van der Waals surface area contributed by atoms with Crippen LogP contribution in [0.25, 0.3) is 22.2 Å². The number of amides is 1. The van der Waals surface area contributed by atoms with Crippen LogP contribution in [-0.2, 0) is 7.05 Å². The van der Waals surface area contributed by atoms with Crippen LogP contribution in [0.4, 0.5) is 11.8 Å². The molecule has 1 aliphatic rings. The van der Waals surface area contributed by atoms with Gasteiger partial charge in [-0.05, 0) is 18.2 Å². The first kappa shape index (κ1) is 23.0. The van der Waals surface area contributed by atoms with Crippen molar-refractivity contribution in [1.82, 2.24) is 34.8 Å². The van der Waals surface area contributed by atoms with Crippen molar-refractivity contribution in [2.45, 2.75) is 5.24 Å². The Bertz CT molecular complexity index is 1380. The molecule has 10 nitrogen and oxygen atoms in total. The molecule has 13 heteroatoms. The van der Waals surface area contributed by atoms with E-state index in [0.29, 0.717) is 11.1 Å². The summed E-state index contributed by atoms with van der Waals surface area (Å²) in [7, 11) is 8.52. The highest BCUT2D eigenvalue weighted by atomic mass is 16.1. The lowest BCUT2D eigenvalue weighted by atomic mass is 9.48. The summed E-state index contributed by atoms with van der Waals surface area (Å²) in [6.07, 6.45) is 5.22. The first-order valence-electron chi connectivity index (χ1n) is 11.7. The number of nitrogens with one attached hydrogen (secondary N) is 1. The third-order valence-electron chi connectivity index (χ3n) is 6.27. The quantitative estimate of drug-likeness (QED) is 0.364. The predicted molar refractivity (Wildman–Crippen MR) is 144 cm³/mol. The SMILES string of the molecule is BC(B)(B)N1CCN(c2cc(C(=O)Nc3ncc4ccc(-c5cn(C)nn5)cc4n3)ccn2)CC1. The molecule has 4 aromatic rings. The highest BCUT2D eigenvalue weighted by Crippen LogP contribution is 2.22. The third kappa shape index (κ3) is 5.04. The van der Waals surface area contributed by atoms with Crippen LogP contribution in [-0.4, -0.2) is 95.7 Å². The average molecular weight is 465 g/mol. The van der Waals surface area contributed by atoms with E-state index >= 15 is 0 Å². The second-order valence-corrected chi connectivity index (χ2v) is 9.75. The van der Waals surface area contributed by atoms with Crippen LogP contribution in [0.1, 0.15) is 10.4 Å². The van der Waals surface area contributed by atoms with E-state index in [1.165, 1.54) is 0 Å². The van der Waals surface area contributed by atoms with Gasteiger partial charge in [0.15, 0.2) is 0 Å². The second kappa shape index (κ2) is 9.14. The smallest absolute Gasteiger partial charge is 0.258 e. The molecule has 0 atom stereocenters. The van der Waals surface area contributed by atoms with Gasteiger partial charge >= 0.3 is 0 Å². The minimum Gasteiger partial charge on any atom is -0.354 e. The molecule has 0 radical (unpaired) electrons. The highest BCUT2D eigenvalue weighted by Gasteiger charge is 2.26. The van der Waals surface area contributed by atoms with E-state index in [4.69, 9.17) is 0 Å². The Morgan fingerprint density at radius 1 is 1.06 bits per heavy atom. The maximum Gasteiger partial charge on any atom is 0.258 e. The Kier molecular flexibility index (Phi) is 6.02. The lowest BCUT2D eigenvalue weighted by Gasteiger charge is -2.43. The monoisotopic (exact) mass is 465 g/mol. The lowest BCUT2D eigenvalue weighted by Crippen LogP contribution is -2.58. The second-order valence-electron chi connectivity index (χ2n) is 9.75. The van der Waals surface area contributed by atoms with Gasteiger partial charge in [0.05, 0.1) is 11.7 Å². The Labute approximate surface area is 206 Å². The van der Waals surface area contributed by atoms with Crippen LogP contribution in [0, 0.1) is 0 Å². The molecule has 1 N–H and O–H groups in total. The summed E-state index contributed by atoms with van der Waals surface area (Å²) in [6, 6.07) is 9.33. The molecular formula is C22H26B3N9O. The molecule has 0 aliphatic carbocycles. The number of hydrogen-bond acceptors (Lipinski definition) is 8. The molecular weight excluding hydrogens is 439 g/mol. The number of carbonyl (C=O) groups is 1. The number of pyridine rings is 1. The summed E-state index contributed by atoms with van der Waals surface area (Å²) < 4.78 is 1.65. The van der Waals surface area contributed by atoms with Crippen molar-refractivity contribution in [2.75, 3.05) is 36.4 Å². The van der Waals surface area contributed by atoms with Crippen molar-refractivity contribution in [1.29, 1.82) is 0 Å². The topological polar surface area (TPSA) is 105 Å². The summed E-state index contributed by atoms with van der Waals surface area (Å²) in [5, 5.41) is 12.0. The Hall–Kier alpha value is -3.73. The molecule has 1 amide bonds. The van der Waals surface area contributed by atoms with Gasteiger partial charge in [-0.25, -0.2) is 15.0 Å². The standard InChI is InChI=1S/C22H26B3N9O/c1-32-13-18(30-31-32)14-2-3-16-12-27-21(28-17(16)10-14)29-20(35)15-4-5-26-19(11-15)33-6-8-34(9-7-33)22(23,24)25/h2-5,10-13H,6-9,23-25H2,1H3,(H,27,28,29,35). The number of anilines is 2. The highest BCUT2D eigenvalue weighted by molar-refractivity contribution is 6.59. The predicted octanol–water partition coefficient (Wildman–Crippen LogP) is -1.29. The van der Waals surface area contributed by atoms with Gasteiger partial charge in [0.2, 0.25) is 5.95 Å². The molecule has 174 valence electrons. The van der Waals surface area contributed by atoms with Gasteiger partial charge in [0.1, 0.15) is 35.1 Å². The molecule has 0 unspecified atom stereocenters. The van der Waals surface area contributed by atoms with E-state index in [2.05, 4.69) is 63.9 Å². The van der Waals surface area contributed by atoms with Gasteiger partial charge in [0, 0.05) is 62.1 Å². The van der Waals surface area contributed by atoms with E-state index in [1.807, 2.05) is 37.5 Å². The lowest BCUT2D eigenvalue weighted by molar-refractivity contribution is 0.102. The molecule has 3 aromatic heterocycles. The molecule has 1 aromatic carbocycles. The molecule has 1 aliphatic heterocycles. The number of nitrogens with zero attached hydrogens (tertiary/aromatic N) is 8. The van der Waals surface area contributed by atoms with Crippen molar-refractivity contribution in [2.24, 2.45) is 7.05 Å². The molecule has 1 fully saturated rings. The van der Waals surface area contributed by atoms with Gasteiger partial charge in [-0.2, -0.15) is 0 Å². The zero-order chi connectivity index (χ0) is 24.6. The molecule has 0 bridgehead atoms. The largest absolute Gasteiger partial charge is 0.354 e. The first-order valence-corrected chi connectivity index (χ1v) is 11.7. The maximum atomic E-state index is 13.0. The van der Waals surface area contributed by atoms with Crippen molar-refractivity contribution in [3.63, 3.8) is 0 Å². The van der Waals surface area contributed by atoms with Crippen LogP contribution in [0.15, 0.2) is 48.9 Å². The van der Waals surface area contributed by atoms with Crippen LogP contribution < -0.4 is 10.2 Å². The summed E-state index contributed by atoms with van der Waals surface area (Å²) in [6.45, 7) is 3.67. The van der Waals surface area contributed by atoms with E-state index in [0.717, 1.165) is 48.6 Å². The minimum atomic E-state index is -0.272. The molecule has 35 heavy (non-hydrogen) atoms. The fraction of sp³-hybridized carbons (Fsp3) is 0.273. The number of fused-ring (bicyclic) bond motifs is 1. The van der Waals surface area contributed by atoms with Crippen LogP contribution in [0.2, 0.25) is 0 Å². The van der Waals surface area contributed by atoms with Crippen molar-refractivity contribution in [3.8, 4) is 11.3 Å². The fourth-order valence-corrected chi connectivity index (χ4v) is 4.24. The third-order valence-corrected chi connectivity index (χ3v) is 6.27. The van der Waals surface area contributed by atoms with Gasteiger partial charge in [-0.15, -0.1) is 5.10 Å². The molecule has 0 spiro atoms. The Morgan fingerprint density at radius 2 is 1.86 bits per heavy atom. The summed E-state index contributed by atoms with van der Waals surface area (Å²) >= 11 is 0. The fourth-order valence-electron chi connectivity index (χ4n) is 4.24. The van der Waals surface area contributed by atoms with Gasteiger partial charge in [-0.3, -0.25) is 14.8 Å². The summed E-state index contributed by atoms with van der Waals surface area (Å²) in [5.41, 5.74) is 2.88. The van der Waals surface area contributed by atoms with Crippen LogP contribution in [0.3, 0.4) is 0 Å². The number of hydrogen-bond donors (Lipinski definition) is 1. The Balaban J connectivity index is 1.31. The molecule has 1 saturated heterocycles. The van der Waals surface area contributed by atoms with E-state index < -0.39 is 0 Å². The number of aryl methyl sites for hydroxylation is 1. The van der Waals surface area contributed by atoms with Crippen molar-refractivity contribution < 1.29 is 4.79 Å². The molecule has 5 rings (SSSR count). The maximum absolute atomic E-state index is 13.0. The normalized spacial score (nSPS) is 14.8. The molecule has 0 saturated carbocycles. The van der Waals surface area contributed by atoms with Crippen LogP contribution >= 0.6 is 0 Å². The summed E-state index contributed by atoms with van der Waals surface area (Å²) in [5.74, 6) is 0.779. The number of benzene rings is 1. The van der Waals surface area contributed by atoms with Crippen molar-refractivity contribution in [3.05, 3.63) is 54.5 Å². The Morgan fingerprint density at radius 3 is 2.57 bits per heavy atom. The average Bonchev–Trinajstić information content (AvgIpc) is 3.29. The van der Waals surface area contributed by atoms with E-state index in [9.17, 15) is 4.79 Å². The number of aromatic nitrogens is 6. The zero-order valence-electron chi connectivity index (χ0n) is 20.4. The first-order chi connectivity index (χ1) is 16.8. The minimum absolute atomic E-state index is 0.149. The number of carbonyl (C=O) groups excluding carboxylic acids is 1. The zero-order valence-corrected chi connectivity index (χ0v) is 20.4. The number of piperazine rings is 1. The summed E-state index contributed by atoms with van der Waals surface area (Å²) in [4.78, 5) is 31.0. The van der Waals surface area contributed by atoms with Gasteiger partial charge < -0.3 is 9.80 Å².